The molecule has 6 nitrogen and oxygen atoms in total. The van der Waals surface area contributed by atoms with E-state index in [1.165, 1.54) is 30.6 Å². The van der Waals surface area contributed by atoms with Gasteiger partial charge >= 0.3 is 0 Å². The number of halogens is 3. The molecule has 2 N–H and O–H groups in total. The minimum absolute atomic E-state index is 0.237. The molecule has 2 atom stereocenters. The minimum Gasteiger partial charge on any atom is -0.374 e. The van der Waals surface area contributed by atoms with Gasteiger partial charge in [0.25, 0.3) is 5.91 Å². The highest BCUT2D eigenvalue weighted by Gasteiger charge is 2.27. The van der Waals surface area contributed by atoms with Crippen molar-refractivity contribution in [3.8, 4) is 10.4 Å². The number of anilines is 1. The summed E-state index contributed by atoms with van der Waals surface area (Å²) in [6, 6.07) is 8.92. The number of aromatic nitrogens is 1. The van der Waals surface area contributed by atoms with Crippen molar-refractivity contribution < 1.29 is 27.5 Å². The molecule has 10 heteroatoms. The Labute approximate surface area is 230 Å². The molecule has 2 amide bonds. The summed E-state index contributed by atoms with van der Waals surface area (Å²) >= 11 is 1.28. The van der Waals surface area contributed by atoms with Crippen LogP contribution in [-0.4, -0.2) is 28.9 Å². The average molecular weight is 560 g/mol. The van der Waals surface area contributed by atoms with Crippen molar-refractivity contribution in [1.29, 1.82) is 0 Å². The third kappa shape index (κ3) is 7.89. The van der Waals surface area contributed by atoms with E-state index in [4.69, 9.17) is 4.74 Å². The molecular weight excluding hydrogens is 527 g/mol. The molecule has 1 fully saturated rings. The molecule has 1 aliphatic rings. The van der Waals surface area contributed by atoms with Gasteiger partial charge in [-0.2, -0.15) is 0 Å². The summed E-state index contributed by atoms with van der Waals surface area (Å²) in [6.45, 7) is 2.31. The number of carbonyl (C=O) groups is 2. The molecule has 0 spiro atoms. The summed E-state index contributed by atoms with van der Waals surface area (Å²) in [7, 11) is 0. The van der Waals surface area contributed by atoms with Gasteiger partial charge in [-0.15, -0.1) is 0 Å². The summed E-state index contributed by atoms with van der Waals surface area (Å²) < 4.78 is 47.8. The highest BCUT2D eigenvalue weighted by molar-refractivity contribution is 7.19. The maximum Gasteiger partial charge on any atom is 0.259 e. The first-order valence-electron chi connectivity index (χ1n) is 13.2. The van der Waals surface area contributed by atoms with E-state index in [1.807, 2.05) is 31.2 Å². The molecule has 208 valence electrons. The van der Waals surface area contributed by atoms with Gasteiger partial charge in [0.05, 0.1) is 17.6 Å². The SMILES string of the molecule is CCC[C@H](NC(=O)C(F)c1cc(F)cc(F)c1)C(=O)Nc1ncc(-c2ccccc2COC2CCCCC2)s1. The zero-order valence-corrected chi connectivity index (χ0v) is 22.5. The normalized spacial score (nSPS) is 15.5. The van der Waals surface area contributed by atoms with Crippen molar-refractivity contribution in [1.82, 2.24) is 10.3 Å². The fourth-order valence-corrected chi connectivity index (χ4v) is 5.53. The van der Waals surface area contributed by atoms with Crippen molar-refractivity contribution in [2.75, 3.05) is 5.32 Å². The fraction of sp³-hybridized carbons (Fsp3) is 0.414. The van der Waals surface area contributed by atoms with E-state index in [-0.39, 0.29) is 12.5 Å². The van der Waals surface area contributed by atoms with Gasteiger partial charge in [0.1, 0.15) is 17.7 Å². The Morgan fingerprint density at radius 2 is 1.79 bits per heavy atom. The molecule has 1 saturated carbocycles. The van der Waals surface area contributed by atoms with Crippen LogP contribution in [0.5, 0.6) is 0 Å². The summed E-state index contributed by atoms with van der Waals surface area (Å²) in [6.07, 6.45) is 6.19. The lowest BCUT2D eigenvalue weighted by Crippen LogP contribution is -2.45. The summed E-state index contributed by atoms with van der Waals surface area (Å²) in [4.78, 5) is 30.6. The van der Waals surface area contributed by atoms with Gasteiger partial charge in [0.2, 0.25) is 12.1 Å². The third-order valence-electron chi connectivity index (χ3n) is 6.66. The van der Waals surface area contributed by atoms with Crippen molar-refractivity contribution >= 4 is 28.3 Å². The molecular formula is C29H32F3N3O3S. The predicted octanol–water partition coefficient (Wildman–Crippen LogP) is 6.87. The van der Waals surface area contributed by atoms with Crippen LogP contribution in [0.2, 0.25) is 0 Å². The summed E-state index contributed by atoms with van der Waals surface area (Å²) in [5, 5.41) is 5.39. The van der Waals surface area contributed by atoms with Gasteiger partial charge < -0.3 is 15.4 Å². The highest BCUT2D eigenvalue weighted by Crippen LogP contribution is 2.33. The Kier molecular flexibility index (Phi) is 10.1. The van der Waals surface area contributed by atoms with Gasteiger partial charge in [-0.1, -0.05) is 68.2 Å². The Bertz CT molecular complexity index is 1260. The minimum atomic E-state index is -2.33. The molecule has 39 heavy (non-hydrogen) atoms. The van der Waals surface area contributed by atoms with E-state index < -0.39 is 41.2 Å². The second-order valence-electron chi connectivity index (χ2n) is 9.66. The number of alkyl halides is 1. The summed E-state index contributed by atoms with van der Waals surface area (Å²) in [5.41, 5.74) is 1.53. The van der Waals surface area contributed by atoms with Crippen LogP contribution in [0.15, 0.2) is 48.7 Å². The lowest BCUT2D eigenvalue weighted by Gasteiger charge is -2.22. The van der Waals surface area contributed by atoms with E-state index in [9.17, 15) is 22.8 Å². The zero-order chi connectivity index (χ0) is 27.8. The number of carbonyl (C=O) groups excluding carboxylic acids is 2. The van der Waals surface area contributed by atoms with Crippen LogP contribution in [0, 0.1) is 11.6 Å². The van der Waals surface area contributed by atoms with Crippen LogP contribution in [0.1, 0.15) is 69.2 Å². The van der Waals surface area contributed by atoms with Crippen LogP contribution >= 0.6 is 11.3 Å². The van der Waals surface area contributed by atoms with Crippen molar-refractivity contribution in [3.05, 3.63) is 71.4 Å². The smallest absolute Gasteiger partial charge is 0.259 e. The number of nitrogens with one attached hydrogen (secondary N) is 2. The van der Waals surface area contributed by atoms with E-state index in [2.05, 4.69) is 15.6 Å². The highest BCUT2D eigenvalue weighted by atomic mass is 32.1. The van der Waals surface area contributed by atoms with Gasteiger partial charge in [-0.05, 0) is 42.5 Å². The first-order valence-corrected chi connectivity index (χ1v) is 14.0. The largest absolute Gasteiger partial charge is 0.374 e. The monoisotopic (exact) mass is 559 g/mol. The van der Waals surface area contributed by atoms with Crippen molar-refractivity contribution in [2.45, 2.75) is 76.8 Å². The lowest BCUT2D eigenvalue weighted by atomic mass is 9.97. The molecule has 1 heterocycles. The number of amides is 2. The standard InChI is InChI=1S/C29H32F3N3O3S/c1-2-8-24(34-28(37)26(32)19-13-20(30)15-21(31)14-19)27(36)35-29-33-16-25(39-29)23-12-7-6-9-18(23)17-38-22-10-4-3-5-11-22/h6-7,9,12-16,22,24,26H,2-5,8,10-11,17H2,1H3,(H,34,37)(H,33,35,36)/t24-,26?/m0/s1. The first-order chi connectivity index (χ1) is 18.8. The number of thiazole rings is 1. The molecule has 1 aromatic heterocycles. The maximum absolute atomic E-state index is 14.7. The quantitative estimate of drug-likeness (QED) is 0.269. The van der Waals surface area contributed by atoms with Crippen molar-refractivity contribution in [2.24, 2.45) is 0 Å². The van der Waals surface area contributed by atoms with Gasteiger partial charge in [0, 0.05) is 17.8 Å². The van der Waals surface area contributed by atoms with Gasteiger partial charge in [-0.25, -0.2) is 18.2 Å². The van der Waals surface area contributed by atoms with Crippen LogP contribution in [-0.2, 0) is 20.9 Å². The Morgan fingerprint density at radius 1 is 1.08 bits per heavy atom. The fourth-order valence-electron chi connectivity index (χ4n) is 4.65. The molecule has 2 aromatic carbocycles. The van der Waals surface area contributed by atoms with E-state index in [1.54, 1.807) is 6.20 Å². The Morgan fingerprint density at radius 3 is 2.51 bits per heavy atom. The van der Waals surface area contributed by atoms with E-state index in [0.717, 1.165) is 41.0 Å². The lowest BCUT2D eigenvalue weighted by molar-refractivity contribution is -0.130. The summed E-state index contributed by atoms with van der Waals surface area (Å²) in [5.74, 6) is -3.70. The Hall–Kier alpha value is -3.24. The van der Waals surface area contributed by atoms with E-state index >= 15 is 0 Å². The first kappa shape index (κ1) is 28.8. The average Bonchev–Trinajstić information content (AvgIpc) is 3.39. The van der Waals surface area contributed by atoms with Gasteiger partial charge in [-0.3, -0.25) is 9.59 Å². The maximum atomic E-state index is 14.7. The predicted molar refractivity (Wildman–Crippen MR) is 145 cm³/mol. The second kappa shape index (κ2) is 13.7. The van der Waals surface area contributed by atoms with Crippen LogP contribution in [0.4, 0.5) is 18.3 Å². The molecule has 0 aliphatic heterocycles. The molecule has 0 saturated heterocycles. The van der Waals surface area contributed by atoms with Crippen LogP contribution < -0.4 is 10.6 Å². The molecule has 1 unspecified atom stereocenters. The number of ether oxygens (including phenoxy) is 1. The molecule has 0 radical (unpaired) electrons. The zero-order valence-electron chi connectivity index (χ0n) is 21.7. The number of rotatable bonds is 11. The number of hydrogen-bond donors (Lipinski definition) is 2. The number of hydrogen-bond acceptors (Lipinski definition) is 5. The van der Waals surface area contributed by atoms with E-state index in [0.29, 0.717) is 24.2 Å². The molecule has 1 aliphatic carbocycles. The number of nitrogens with zero attached hydrogens (tertiary/aromatic N) is 1. The Balaban J connectivity index is 1.40. The van der Waals surface area contributed by atoms with Crippen molar-refractivity contribution in [3.63, 3.8) is 0 Å². The third-order valence-corrected chi connectivity index (χ3v) is 7.61. The molecule has 3 aromatic rings. The topological polar surface area (TPSA) is 80.3 Å². The molecule has 4 rings (SSSR count). The van der Waals surface area contributed by atoms with Gasteiger partial charge in [0.15, 0.2) is 5.13 Å². The van der Waals surface area contributed by atoms with Crippen LogP contribution in [0.25, 0.3) is 10.4 Å². The second-order valence-corrected chi connectivity index (χ2v) is 10.7. The molecule has 0 bridgehead atoms. The van der Waals surface area contributed by atoms with Crippen LogP contribution in [0.3, 0.4) is 0 Å². The number of benzene rings is 2.